The molecular formula is C16H22FNO3. The third-order valence-corrected chi connectivity index (χ3v) is 3.37. The molecular weight excluding hydrogens is 273 g/mol. The number of rotatable bonds is 5. The molecule has 5 heteroatoms. The Morgan fingerprint density at radius 1 is 1.24 bits per heavy atom. The fraction of sp³-hybridized carbons (Fsp3) is 0.500. The van der Waals surface area contributed by atoms with Crippen LogP contribution in [0.25, 0.3) is 0 Å². The summed E-state index contributed by atoms with van der Waals surface area (Å²) in [6, 6.07) is 5.41. The highest BCUT2D eigenvalue weighted by atomic mass is 19.1. The van der Waals surface area contributed by atoms with Crippen LogP contribution in [0.1, 0.15) is 44.5 Å². The van der Waals surface area contributed by atoms with Crippen molar-refractivity contribution in [2.75, 3.05) is 0 Å². The van der Waals surface area contributed by atoms with E-state index in [1.807, 2.05) is 20.8 Å². The molecule has 1 rings (SSSR count). The molecule has 116 valence electrons. The summed E-state index contributed by atoms with van der Waals surface area (Å²) >= 11 is 0. The van der Waals surface area contributed by atoms with Gasteiger partial charge in [-0.2, -0.15) is 0 Å². The molecule has 2 atom stereocenters. The second-order valence-corrected chi connectivity index (χ2v) is 6.30. The summed E-state index contributed by atoms with van der Waals surface area (Å²) < 4.78 is 18.0. The molecule has 0 aromatic heterocycles. The van der Waals surface area contributed by atoms with Crippen LogP contribution in [0.2, 0.25) is 0 Å². The maximum Gasteiger partial charge on any atom is 0.404 e. The zero-order valence-electron chi connectivity index (χ0n) is 12.9. The number of hydrogen-bond donors (Lipinski definition) is 1. The Morgan fingerprint density at radius 2 is 1.76 bits per heavy atom. The molecule has 0 aliphatic rings. The second-order valence-electron chi connectivity index (χ2n) is 6.30. The SMILES string of the molecule is CC(CC(OC(N)=O)C(C)(C)C)C(=O)c1ccc(F)cc1. The average molecular weight is 295 g/mol. The Balaban J connectivity index is 2.81. The Hall–Kier alpha value is -1.91. The summed E-state index contributed by atoms with van der Waals surface area (Å²) in [7, 11) is 0. The van der Waals surface area contributed by atoms with Gasteiger partial charge < -0.3 is 10.5 Å². The number of Topliss-reactive ketones (excluding diaryl/α,β-unsaturated/α-hetero) is 1. The lowest BCUT2D eigenvalue weighted by Crippen LogP contribution is -2.36. The number of hydrogen-bond acceptors (Lipinski definition) is 3. The molecule has 0 saturated heterocycles. The number of primary amides is 1. The minimum absolute atomic E-state index is 0.114. The van der Waals surface area contributed by atoms with Crippen LogP contribution in [-0.2, 0) is 4.74 Å². The lowest BCUT2D eigenvalue weighted by Gasteiger charge is -2.31. The summed E-state index contributed by atoms with van der Waals surface area (Å²) in [6.07, 6.45) is -0.950. The predicted molar refractivity (Wildman–Crippen MR) is 78.4 cm³/mol. The van der Waals surface area contributed by atoms with Gasteiger partial charge in [-0.1, -0.05) is 27.7 Å². The van der Waals surface area contributed by atoms with Crippen molar-refractivity contribution in [1.82, 2.24) is 0 Å². The van der Waals surface area contributed by atoms with Crippen LogP contribution < -0.4 is 5.73 Å². The van der Waals surface area contributed by atoms with E-state index in [1.54, 1.807) is 6.92 Å². The van der Waals surface area contributed by atoms with E-state index >= 15 is 0 Å². The fourth-order valence-electron chi connectivity index (χ4n) is 2.05. The fourth-order valence-corrected chi connectivity index (χ4v) is 2.05. The van der Waals surface area contributed by atoms with E-state index in [4.69, 9.17) is 10.5 Å². The zero-order valence-corrected chi connectivity index (χ0v) is 12.9. The highest BCUT2D eigenvalue weighted by Gasteiger charge is 2.31. The van der Waals surface area contributed by atoms with Gasteiger partial charge in [0.05, 0.1) is 0 Å². The minimum atomic E-state index is -0.851. The molecule has 0 radical (unpaired) electrons. The first-order valence-corrected chi connectivity index (χ1v) is 6.87. The molecule has 0 spiro atoms. The van der Waals surface area contributed by atoms with E-state index in [0.29, 0.717) is 12.0 Å². The Bertz CT molecular complexity index is 505. The topological polar surface area (TPSA) is 69.4 Å². The number of ketones is 1. The molecule has 1 aromatic rings. The summed E-state index contributed by atoms with van der Waals surface area (Å²) in [4.78, 5) is 23.3. The van der Waals surface area contributed by atoms with Crippen LogP contribution in [-0.4, -0.2) is 18.0 Å². The van der Waals surface area contributed by atoms with Gasteiger partial charge in [-0.15, -0.1) is 0 Å². The van der Waals surface area contributed by atoms with E-state index in [-0.39, 0.29) is 22.9 Å². The number of benzene rings is 1. The first-order valence-electron chi connectivity index (χ1n) is 6.87. The normalized spacial score (nSPS) is 14.3. The first-order chi connectivity index (χ1) is 9.61. The van der Waals surface area contributed by atoms with Crippen molar-refractivity contribution in [3.63, 3.8) is 0 Å². The number of halogens is 1. The standard InChI is InChI=1S/C16H22FNO3/c1-10(9-13(16(2,3)4)21-15(18)20)14(19)11-5-7-12(17)8-6-11/h5-8,10,13H,9H2,1-4H3,(H2,18,20). The maximum absolute atomic E-state index is 12.9. The number of nitrogens with two attached hydrogens (primary N) is 1. The summed E-state index contributed by atoms with van der Waals surface area (Å²) in [6.45, 7) is 7.50. The third kappa shape index (κ3) is 5.17. The van der Waals surface area contributed by atoms with Crippen LogP contribution >= 0.6 is 0 Å². The van der Waals surface area contributed by atoms with Gasteiger partial charge in [0.25, 0.3) is 0 Å². The molecule has 1 amide bonds. The molecule has 0 saturated carbocycles. The lowest BCUT2D eigenvalue weighted by molar-refractivity contribution is 0.0219. The van der Waals surface area contributed by atoms with Gasteiger partial charge in [-0.05, 0) is 36.1 Å². The molecule has 0 heterocycles. The summed E-state index contributed by atoms with van der Waals surface area (Å²) in [5.41, 5.74) is 5.20. The Kier molecular flexibility index (Phi) is 5.47. The summed E-state index contributed by atoms with van der Waals surface area (Å²) in [5, 5.41) is 0. The van der Waals surface area contributed by atoms with E-state index in [9.17, 15) is 14.0 Å². The predicted octanol–water partition coefficient (Wildman–Crippen LogP) is 3.54. The highest BCUT2D eigenvalue weighted by molar-refractivity contribution is 5.97. The van der Waals surface area contributed by atoms with Crippen molar-refractivity contribution in [2.45, 2.75) is 40.2 Å². The molecule has 21 heavy (non-hydrogen) atoms. The van der Waals surface area contributed by atoms with Crippen LogP contribution in [0.3, 0.4) is 0 Å². The van der Waals surface area contributed by atoms with Gasteiger partial charge in [-0.3, -0.25) is 4.79 Å². The van der Waals surface area contributed by atoms with Gasteiger partial charge in [0.15, 0.2) is 5.78 Å². The lowest BCUT2D eigenvalue weighted by atomic mass is 9.82. The molecule has 0 fully saturated rings. The van der Waals surface area contributed by atoms with Crippen molar-refractivity contribution in [1.29, 1.82) is 0 Å². The van der Waals surface area contributed by atoms with Gasteiger partial charge in [0, 0.05) is 11.5 Å². The van der Waals surface area contributed by atoms with E-state index in [2.05, 4.69) is 0 Å². The molecule has 2 unspecified atom stereocenters. The van der Waals surface area contributed by atoms with Gasteiger partial charge in [-0.25, -0.2) is 9.18 Å². The van der Waals surface area contributed by atoms with Crippen LogP contribution in [0.4, 0.5) is 9.18 Å². The van der Waals surface area contributed by atoms with Crippen LogP contribution in [0.5, 0.6) is 0 Å². The molecule has 2 N–H and O–H groups in total. The second kappa shape index (κ2) is 6.70. The number of carbonyl (C=O) groups excluding carboxylic acids is 2. The Morgan fingerprint density at radius 3 is 2.19 bits per heavy atom. The van der Waals surface area contributed by atoms with Crippen LogP contribution in [0, 0.1) is 17.2 Å². The van der Waals surface area contributed by atoms with Crippen molar-refractivity contribution in [2.24, 2.45) is 17.1 Å². The molecule has 1 aromatic carbocycles. The smallest absolute Gasteiger partial charge is 0.404 e. The van der Waals surface area contributed by atoms with Gasteiger partial charge in [0.1, 0.15) is 11.9 Å². The van der Waals surface area contributed by atoms with Crippen LogP contribution in [0.15, 0.2) is 24.3 Å². The summed E-state index contributed by atoms with van der Waals surface area (Å²) in [5.74, 6) is -0.861. The van der Waals surface area contributed by atoms with Gasteiger partial charge in [0.2, 0.25) is 0 Å². The zero-order chi connectivity index (χ0) is 16.2. The quantitative estimate of drug-likeness (QED) is 0.845. The maximum atomic E-state index is 12.9. The average Bonchev–Trinajstić information content (AvgIpc) is 2.36. The van der Waals surface area contributed by atoms with E-state index in [1.165, 1.54) is 24.3 Å². The first kappa shape index (κ1) is 17.1. The van der Waals surface area contributed by atoms with Gasteiger partial charge >= 0.3 is 6.09 Å². The molecule has 4 nitrogen and oxygen atoms in total. The van der Waals surface area contributed by atoms with Crippen molar-refractivity contribution in [3.05, 3.63) is 35.6 Å². The monoisotopic (exact) mass is 295 g/mol. The number of amides is 1. The molecule has 0 aliphatic heterocycles. The molecule has 0 bridgehead atoms. The van der Waals surface area contributed by atoms with Crippen molar-refractivity contribution >= 4 is 11.9 Å². The highest BCUT2D eigenvalue weighted by Crippen LogP contribution is 2.29. The third-order valence-electron chi connectivity index (χ3n) is 3.37. The number of ether oxygens (including phenoxy) is 1. The largest absolute Gasteiger partial charge is 0.446 e. The van der Waals surface area contributed by atoms with E-state index < -0.39 is 12.2 Å². The molecule has 0 aliphatic carbocycles. The van der Waals surface area contributed by atoms with Crippen molar-refractivity contribution < 1.29 is 18.7 Å². The minimum Gasteiger partial charge on any atom is -0.446 e. The van der Waals surface area contributed by atoms with Crippen molar-refractivity contribution in [3.8, 4) is 0 Å². The number of carbonyl (C=O) groups is 2. The Labute approximate surface area is 124 Å². The van der Waals surface area contributed by atoms with E-state index in [0.717, 1.165) is 0 Å².